The minimum Gasteiger partial charge on any atom is -0.468 e. The summed E-state index contributed by atoms with van der Waals surface area (Å²) in [5, 5.41) is -0.966. The first kappa shape index (κ1) is 22.7. The van der Waals surface area contributed by atoms with E-state index in [1.807, 2.05) is 13.0 Å². The normalized spacial score (nSPS) is 18.5. The number of halogens is 4. The van der Waals surface area contributed by atoms with Crippen molar-refractivity contribution in [2.45, 2.75) is 25.8 Å². The van der Waals surface area contributed by atoms with Gasteiger partial charge in [-0.1, -0.05) is 42.0 Å². The minimum absolute atomic E-state index is 0.237. The average molecular weight is 442 g/mol. The SMILES string of the molecule is COC(=O)C(C1=C(Oc2nc(Cl)c(C(F)(F)F)s2)C(C)CC=C1)C(OC)OC. The van der Waals surface area contributed by atoms with Crippen LogP contribution in [0.25, 0.3) is 0 Å². The maximum atomic E-state index is 13.0. The second-order valence-corrected chi connectivity index (χ2v) is 7.22. The van der Waals surface area contributed by atoms with Gasteiger partial charge in [0.05, 0.1) is 7.11 Å². The Labute approximate surface area is 168 Å². The van der Waals surface area contributed by atoms with Crippen molar-refractivity contribution < 1.29 is 36.9 Å². The molecule has 1 aliphatic rings. The molecule has 1 aliphatic carbocycles. The quantitative estimate of drug-likeness (QED) is 0.460. The van der Waals surface area contributed by atoms with Gasteiger partial charge in [0.25, 0.3) is 5.19 Å². The third kappa shape index (κ3) is 4.86. The molecule has 2 atom stereocenters. The number of allylic oxidation sites excluding steroid dienone is 3. The third-order valence-corrected chi connectivity index (χ3v) is 5.43. The molecular weight excluding hydrogens is 423 g/mol. The summed E-state index contributed by atoms with van der Waals surface area (Å²) in [6.45, 7) is 1.81. The Hall–Kier alpha value is -1.62. The number of carbonyl (C=O) groups is 1. The minimum atomic E-state index is -4.64. The van der Waals surface area contributed by atoms with Crippen molar-refractivity contribution in [3.05, 3.63) is 33.5 Å². The Morgan fingerprint density at radius 3 is 2.46 bits per heavy atom. The van der Waals surface area contributed by atoms with E-state index in [9.17, 15) is 18.0 Å². The molecule has 156 valence electrons. The average Bonchev–Trinajstić information content (AvgIpc) is 3.02. The van der Waals surface area contributed by atoms with Gasteiger partial charge >= 0.3 is 12.1 Å². The number of rotatable bonds is 7. The van der Waals surface area contributed by atoms with Crippen LogP contribution < -0.4 is 4.74 Å². The second kappa shape index (κ2) is 9.25. The Morgan fingerprint density at radius 1 is 1.32 bits per heavy atom. The standard InChI is InChI=1S/C17H19ClF3NO5S/c1-8-6-5-7-9(10(14(23)24-2)15(25-3)26-4)11(8)27-16-22-13(18)12(28-16)17(19,20)21/h5,7-8,10,15H,6H2,1-4H3. The summed E-state index contributed by atoms with van der Waals surface area (Å²) >= 11 is 5.89. The monoisotopic (exact) mass is 441 g/mol. The molecule has 0 spiro atoms. The molecule has 0 N–H and O–H groups in total. The number of hydrogen-bond acceptors (Lipinski definition) is 7. The Bertz CT molecular complexity index is 773. The van der Waals surface area contributed by atoms with Crippen LogP contribution in [0.15, 0.2) is 23.5 Å². The number of carbonyl (C=O) groups excluding carboxylic acids is 1. The molecule has 6 nitrogen and oxygen atoms in total. The summed E-state index contributed by atoms with van der Waals surface area (Å²) in [5.41, 5.74) is 0.374. The zero-order chi connectivity index (χ0) is 21.1. The predicted molar refractivity (Wildman–Crippen MR) is 96.0 cm³/mol. The van der Waals surface area contributed by atoms with Crippen molar-refractivity contribution >= 4 is 28.9 Å². The molecule has 1 aromatic heterocycles. The van der Waals surface area contributed by atoms with E-state index in [0.29, 0.717) is 12.0 Å². The number of ether oxygens (including phenoxy) is 4. The molecule has 2 rings (SSSR count). The smallest absolute Gasteiger partial charge is 0.428 e. The fraction of sp³-hybridized carbons (Fsp3) is 0.529. The van der Waals surface area contributed by atoms with Gasteiger partial charge in [0.15, 0.2) is 16.3 Å². The molecule has 11 heteroatoms. The topological polar surface area (TPSA) is 66.9 Å². The van der Waals surface area contributed by atoms with Crippen LogP contribution in [0.2, 0.25) is 5.15 Å². The highest BCUT2D eigenvalue weighted by atomic mass is 35.5. The highest BCUT2D eigenvalue weighted by Crippen LogP contribution is 2.43. The first-order valence-corrected chi connectivity index (χ1v) is 9.28. The maximum absolute atomic E-state index is 13.0. The van der Waals surface area contributed by atoms with Gasteiger partial charge in [-0.25, -0.2) is 0 Å². The second-order valence-electron chi connectivity index (χ2n) is 5.90. The van der Waals surface area contributed by atoms with Crippen LogP contribution in [0.5, 0.6) is 5.19 Å². The van der Waals surface area contributed by atoms with Crippen molar-refractivity contribution in [3.63, 3.8) is 0 Å². The summed E-state index contributed by atoms with van der Waals surface area (Å²) in [7, 11) is 3.93. The van der Waals surface area contributed by atoms with Crippen molar-refractivity contribution in [2.24, 2.45) is 11.8 Å². The van der Waals surface area contributed by atoms with Crippen LogP contribution in [-0.2, 0) is 25.2 Å². The number of aromatic nitrogens is 1. The number of thiazole rings is 1. The number of alkyl halides is 3. The molecule has 0 radical (unpaired) electrons. The fourth-order valence-electron chi connectivity index (χ4n) is 2.77. The molecule has 0 aliphatic heterocycles. The molecule has 0 bridgehead atoms. The molecule has 0 saturated heterocycles. The predicted octanol–water partition coefficient (Wildman–Crippen LogP) is 4.45. The third-order valence-electron chi connectivity index (χ3n) is 4.07. The summed E-state index contributed by atoms with van der Waals surface area (Å²) in [6, 6.07) is 0. The lowest BCUT2D eigenvalue weighted by molar-refractivity contribution is -0.169. The lowest BCUT2D eigenvalue weighted by Gasteiger charge is -2.29. The van der Waals surface area contributed by atoms with Gasteiger partial charge in [-0.2, -0.15) is 18.2 Å². The molecule has 2 unspecified atom stereocenters. The lowest BCUT2D eigenvalue weighted by Crippen LogP contribution is -2.35. The number of hydrogen-bond donors (Lipinski definition) is 0. The lowest BCUT2D eigenvalue weighted by atomic mass is 9.87. The molecule has 0 amide bonds. The largest absolute Gasteiger partial charge is 0.468 e. The van der Waals surface area contributed by atoms with Gasteiger partial charge < -0.3 is 18.9 Å². The first-order chi connectivity index (χ1) is 13.1. The van der Waals surface area contributed by atoms with Crippen molar-refractivity contribution in [1.82, 2.24) is 4.98 Å². The van der Waals surface area contributed by atoms with Gasteiger partial charge in [-0.05, 0) is 6.42 Å². The molecule has 0 aromatic carbocycles. The van der Waals surface area contributed by atoms with E-state index >= 15 is 0 Å². The van der Waals surface area contributed by atoms with Crippen molar-refractivity contribution in [1.29, 1.82) is 0 Å². The van der Waals surface area contributed by atoms with E-state index in [2.05, 4.69) is 4.98 Å². The van der Waals surface area contributed by atoms with E-state index in [1.165, 1.54) is 21.3 Å². The number of nitrogens with zero attached hydrogens (tertiary/aromatic N) is 1. The first-order valence-electron chi connectivity index (χ1n) is 8.09. The van der Waals surface area contributed by atoms with Crippen LogP contribution in [-0.4, -0.2) is 38.6 Å². The molecule has 28 heavy (non-hydrogen) atoms. The van der Waals surface area contributed by atoms with Crippen molar-refractivity contribution in [2.75, 3.05) is 21.3 Å². The molecule has 1 heterocycles. The van der Waals surface area contributed by atoms with Crippen LogP contribution in [0.3, 0.4) is 0 Å². The molecule has 1 aromatic rings. The summed E-state index contributed by atoms with van der Waals surface area (Å²) in [5.74, 6) is -1.61. The molecular formula is C17H19ClF3NO5S. The zero-order valence-electron chi connectivity index (χ0n) is 15.5. The molecule has 0 fully saturated rings. The van der Waals surface area contributed by atoms with Gasteiger partial charge in [-0.15, -0.1) is 0 Å². The number of methoxy groups -OCH3 is 3. The van der Waals surface area contributed by atoms with Crippen LogP contribution in [0.4, 0.5) is 13.2 Å². The van der Waals surface area contributed by atoms with Crippen molar-refractivity contribution in [3.8, 4) is 5.19 Å². The van der Waals surface area contributed by atoms with E-state index in [4.69, 9.17) is 30.5 Å². The Kier molecular flexibility index (Phi) is 7.49. The summed E-state index contributed by atoms with van der Waals surface area (Å²) < 4.78 is 59.9. The molecule has 0 saturated carbocycles. The van der Waals surface area contributed by atoms with Crippen LogP contribution in [0.1, 0.15) is 18.2 Å². The summed E-state index contributed by atoms with van der Waals surface area (Å²) in [6.07, 6.45) is -1.61. The van der Waals surface area contributed by atoms with Crippen LogP contribution >= 0.6 is 22.9 Å². The zero-order valence-corrected chi connectivity index (χ0v) is 17.1. The van der Waals surface area contributed by atoms with Gasteiger partial charge in [-0.3, -0.25) is 4.79 Å². The van der Waals surface area contributed by atoms with Gasteiger partial charge in [0, 0.05) is 25.7 Å². The Balaban J connectivity index is 2.51. The number of esters is 1. The Morgan fingerprint density at radius 2 is 1.96 bits per heavy atom. The van der Waals surface area contributed by atoms with Gasteiger partial charge in [0.1, 0.15) is 11.7 Å². The summed E-state index contributed by atoms with van der Waals surface area (Å²) in [4.78, 5) is 15.0. The van der Waals surface area contributed by atoms with Crippen LogP contribution in [0, 0.1) is 11.8 Å². The fourth-order valence-corrected chi connectivity index (χ4v) is 3.80. The van der Waals surface area contributed by atoms with E-state index in [-0.39, 0.29) is 28.2 Å². The van der Waals surface area contributed by atoms with E-state index < -0.39 is 34.4 Å². The maximum Gasteiger partial charge on any atom is 0.428 e. The highest BCUT2D eigenvalue weighted by molar-refractivity contribution is 7.14. The highest BCUT2D eigenvalue weighted by Gasteiger charge is 2.39. The van der Waals surface area contributed by atoms with Gasteiger partial charge in [0.2, 0.25) is 0 Å². The van der Waals surface area contributed by atoms with E-state index in [1.54, 1.807) is 6.08 Å². The van der Waals surface area contributed by atoms with E-state index in [0.717, 1.165) is 0 Å².